The predicted molar refractivity (Wildman–Crippen MR) is 89.5 cm³/mol. The van der Waals surface area contributed by atoms with Crippen molar-refractivity contribution >= 4 is 17.4 Å². The first-order valence-electron chi connectivity index (χ1n) is 7.85. The summed E-state index contributed by atoms with van der Waals surface area (Å²) >= 11 is 1.29. The van der Waals surface area contributed by atoms with E-state index in [1.54, 1.807) is 4.90 Å². The van der Waals surface area contributed by atoms with Gasteiger partial charge < -0.3 is 9.47 Å². The van der Waals surface area contributed by atoms with Crippen LogP contribution in [0.3, 0.4) is 0 Å². The van der Waals surface area contributed by atoms with Crippen LogP contribution in [0, 0.1) is 12.7 Å². The maximum Gasteiger partial charge on any atom is 0.254 e. The Morgan fingerprint density at radius 1 is 1.24 bits per heavy atom. The highest BCUT2D eigenvalue weighted by atomic mass is 32.1. The molecule has 2 aromatic heterocycles. The van der Waals surface area contributed by atoms with Gasteiger partial charge in [-0.05, 0) is 49.6 Å². The molecule has 3 heterocycles. The Hall–Kier alpha value is -2.68. The molecule has 0 spiro atoms. The number of aromatic nitrogens is 5. The van der Waals surface area contributed by atoms with Crippen molar-refractivity contribution in [2.75, 3.05) is 6.54 Å². The summed E-state index contributed by atoms with van der Waals surface area (Å²) in [7, 11) is 0. The second-order valence-corrected chi connectivity index (χ2v) is 6.61. The van der Waals surface area contributed by atoms with Crippen molar-refractivity contribution in [2.45, 2.75) is 26.4 Å². The maximum atomic E-state index is 13.1. The molecule has 0 N–H and O–H groups in total. The molecule has 3 aromatic rings. The molecular weight excluding hydrogens is 343 g/mol. The van der Waals surface area contributed by atoms with Crippen LogP contribution in [0.25, 0.3) is 10.8 Å². The maximum absolute atomic E-state index is 13.1. The number of rotatable bonds is 2. The molecule has 0 aliphatic carbocycles. The Balaban J connectivity index is 1.63. The van der Waals surface area contributed by atoms with E-state index in [9.17, 15) is 9.18 Å². The smallest absolute Gasteiger partial charge is 0.254 e. The largest absolute Gasteiger partial charge is 0.327 e. The number of carbonyl (C=O) groups excluding carboxylic acids is 1. The first-order chi connectivity index (χ1) is 12.0. The van der Waals surface area contributed by atoms with Crippen molar-refractivity contribution in [2.24, 2.45) is 0 Å². The minimum absolute atomic E-state index is 0.143. The highest BCUT2D eigenvalue weighted by molar-refractivity contribution is 7.09. The normalized spacial score (nSPS) is 16.8. The van der Waals surface area contributed by atoms with Gasteiger partial charge in [-0.3, -0.25) is 4.79 Å². The lowest BCUT2D eigenvalue weighted by atomic mass is 10.1. The van der Waals surface area contributed by atoms with Gasteiger partial charge in [-0.15, -0.1) is 10.2 Å². The first kappa shape index (κ1) is 15.8. The summed E-state index contributed by atoms with van der Waals surface area (Å²) < 4.78 is 19.2. The van der Waals surface area contributed by atoms with Gasteiger partial charge in [0.25, 0.3) is 5.91 Å². The fraction of sp³-hybridized carbons (Fsp3) is 0.312. The van der Waals surface area contributed by atoms with Crippen LogP contribution in [-0.2, 0) is 6.54 Å². The molecule has 0 radical (unpaired) electrons. The summed E-state index contributed by atoms with van der Waals surface area (Å²) in [5.41, 5.74) is 0.459. The van der Waals surface area contributed by atoms with E-state index in [1.807, 2.05) is 18.4 Å². The quantitative estimate of drug-likeness (QED) is 0.703. The highest BCUT2D eigenvalue weighted by Crippen LogP contribution is 2.30. The highest BCUT2D eigenvalue weighted by Gasteiger charge is 2.32. The van der Waals surface area contributed by atoms with Crippen molar-refractivity contribution in [1.82, 2.24) is 29.0 Å². The Kier molecular flexibility index (Phi) is 3.79. The van der Waals surface area contributed by atoms with Crippen LogP contribution < -0.4 is 0 Å². The zero-order chi connectivity index (χ0) is 17.6. The molecule has 25 heavy (non-hydrogen) atoms. The third-order valence-corrected chi connectivity index (χ3v) is 5.06. The average molecular weight is 358 g/mol. The lowest BCUT2D eigenvalue weighted by Crippen LogP contribution is -2.41. The van der Waals surface area contributed by atoms with E-state index in [0.29, 0.717) is 36.1 Å². The monoisotopic (exact) mass is 358 g/mol. The zero-order valence-electron chi connectivity index (χ0n) is 13.7. The molecule has 9 heteroatoms. The average Bonchev–Trinajstić information content (AvgIpc) is 3.21. The molecule has 4 rings (SSSR count). The van der Waals surface area contributed by atoms with E-state index >= 15 is 0 Å². The number of halogens is 1. The second kappa shape index (κ2) is 5.99. The van der Waals surface area contributed by atoms with Gasteiger partial charge in [-0.25, -0.2) is 9.37 Å². The number of nitrogens with zero attached hydrogens (tertiary/aromatic N) is 6. The van der Waals surface area contributed by atoms with Crippen LogP contribution in [0.1, 0.15) is 35.0 Å². The van der Waals surface area contributed by atoms with Gasteiger partial charge >= 0.3 is 0 Å². The van der Waals surface area contributed by atoms with Gasteiger partial charge in [-0.1, -0.05) is 0 Å². The Bertz CT molecular complexity index is 935. The minimum atomic E-state index is -0.361. The van der Waals surface area contributed by atoms with Crippen molar-refractivity contribution in [3.63, 3.8) is 0 Å². The molecule has 1 atom stereocenters. The molecule has 1 amide bonds. The Morgan fingerprint density at radius 3 is 2.68 bits per heavy atom. The molecule has 1 aliphatic heterocycles. The van der Waals surface area contributed by atoms with E-state index in [1.165, 1.54) is 35.8 Å². The van der Waals surface area contributed by atoms with Gasteiger partial charge in [0, 0.05) is 18.7 Å². The molecular formula is C16H15FN6OS. The number of benzene rings is 1. The van der Waals surface area contributed by atoms with Crippen LogP contribution in [0.4, 0.5) is 4.39 Å². The van der Waals surface area contributed by atoms with Crippen molar-refractivity contribution in [3.8, 4) is 10.8 Å². The summed E-state index contributed by atoms with van der Waals surface area (Å²) in [6, 6.07) is 5.35. The van der Waals surface area contributed by atoms with E-state index in [4.69, 9.17) is 0 Å². The molecule has 0 saturated carbocycles. The fourth-order valence-electron chi connectivity index (χ4n) is 2.97. The van der Waals surface area contributed by atoms with Crippen LogP contribution >= 0.6 is 11.5 Å². The lowest BCUT2D eigenvalue weighted by molar-refractivity contribution is 0.0638. The summed E-state index contributed by atoms with van der Waals surface area (Å²) in [6.07, 6.45) is 0. The van der Waals surface area contributed by atoms with Gasteiger partial charge in [0.1, 0.15) is 11.6 Å². The standard InChI is InChI=1S/C16H15FN6OS/c1-9-13-19-20-14(15-18-10(2)21-25-15)23(13)8-7-22(9)16(24)11-3-5-12(17)6-4-11/h3-6,9H,7-8H2,1-2H3/t9-/m0/s1. The molecule has 7 nitrogen and oxygen atoms in total. The molecule has 0 bridgehead atoms. The van der Waals surface area contributed by atoms with Crippen LogP contribution in [0.2, 0.25) is 0 Å². The SMILES string of the molecule is Cc1nsc(-c2nnc3n2CCN(C(=O)c2ccc(F)cc2)[C@H]3C)n1. The minimum Gasteiger partial charge on any atom is -0.327 e. The number of hydrogen-bond acceptors (Lipinski definition) is 6. The third kappa shape index (κ3) is 2.70. The van der Waals surface area contributed by atoms with Crippen molar-refractivity contribution in [1.29, 1.82) is 0 Å². The molecule has 128 valence electrons. The molecule has 0 fully saturated rings. The summed E-state index contributed by atoms with van der Waals surface area (Å²) in [5, 5.41) is 9.23. The lowest BCUT2D eigenvalue weighted by Gasteiger charge is -2.33. The molecule has 1 aliphatic rings. The molecule has 0 saturated heterocycles. The topological polar surface area (TPSA) is 76.8 Å². The molecule has 1 aromatic carbocycles. The van der Waals surface area contributed by atoms with Gasteiger partial charge in [0.2, 0.25) is 0 Å². The number of aryl methyl sites for hydroxylation is 1. The molecule has 0 unspecified atom stereocenters. The van der Waals surface area contributed by atoms with Crippen molar-refractivity contribution < 1.29 is 9.18 Å². The van der Waals surface area contributed by atoms with E-state index in [-0.39, 0.29) is 17.8 Å². The first-order valence-corrected chi connectivity index (χ1v) is 8.62. The zero-order valence-corrected chi connectivity index (χ0v) is 14.5. The summed E-state index contributed by atoms with van der Waals surface area (Å²) in [4.78, 5) is 18.8. The number of fused-ring (bicyclic) bond motifs is 1. The fourth-order valence-corrected chi connectivity index (χ4v) is 3.63. The number of amides is 1. The van der Waals surface area contributed by atoms with E-state index in [2.05, 4.69) is 19.6 Å². The summed E-state index contributed by atoms with van der Waals surface area (Å²) in [5.74, 6) is 1.59. The third-order valence-electron chi connectivity index (χ3n) is 4.26. The van der Waals surface area contributed by atoms with Crippen LogP contribution in [0.5, 0.6) is 0 Å². The van der Waals surface area contributed by atoms with Gasteiger partial charge in [0.05, 0.1) is 6.04 Å². The second-order valence-electron chi connectivity index (χ2n) is 5.86. The van der Waals surface area contributed by atoms with Gasteiger partial charge in [-0.2, -0.15) is 4.37 Å². The van der Waals surface area contributed by atoms with E-state index in [0.717, 1.165) is 5.01 Å². The van der Waals surface area contributed by atoms with E-state index < -0.39 is 0 Å². The predicted octanol–water partition coefficient (Wildman–Crippen LogP) is 2.46. The number of carbonyl (C=O) groups is 1. The Morgan fingerprint density at radius 2 is 2.00 bits per heavy atom. The summed E-state index contributed by atoms with van der Waals surface area (Å²) in [6.45, 7) is 4.84. The van der Waals surface area contributed by atoms with Crippen LogP contribution in [-0.4, -0.2) is 41.5 Å². The Labute approximate surface area is 147 Å². The number of hydrogen-bond donors (Lipinski definition) is 0. The van der Waals surface area contributed by atoms with Crippen LogP contribution in [0.15, 0.2) is 24.3 Å². The van der Waals surface area contributed by atoms with Crippen molar-refractivity contribution in [3.05, 3.63) is 47.3 Å². The van der Waals surface area contributed by atoms with Gasteiger partial charge in [0.15, 0.2) is 16.7 Å².